The Morgan fingerprint density at radius 3 is 2.25 bits per heavy atom. The predicted molar refractivity (Wildman–Crippen MR) is 112 cm³/mol. The van der Waals surface area contributed by atoms with Gasteiger partial charge in [-0.2, -0.15) is 0 Å². The lowest BCUT2D eigenvalue weighted by Gasteiger charge is -2.25. The number of nitrogens with zero attached hydrogens (tertiary/aromatic N) is 1. The van der Waals surface area contributed by atoms with Gasteiger partial charge in [0.2, 0.25) is 5.91 Å². The van der Waals surface area contributed by atoms with E-state index in [0.717, 1.165) is 15.4 Å². The highest BCUT2D eigenvalue weighted by atomic mass is 32.2. The number of anilines is 2. The van der Waals surface area contributed by atoms with Crippen molar-refractivity contribution in [2.75, 3.05) is 16.2 Å². The van der Waals surface area contributed by atoms with Gasteiger partial charge in [0.15, 0.2) is 0 Å². The van der Waals surface area contributed by atoms with E-state index in [9.17, 15) is 13.2 Å². The van der Waals surface area contributed by atoms with E-state index in [1.165, 1.54) is 12.1 Å². The summed E-state index contributed by atoms with van der Waals surface area (Å²) in [5.41, 5.74) is 2.88. The fraction of sp³-hybridized carbons (Fsp3) is 0.136. The smallest absolute Gasteiger partial charge is 0.264 e. The topological polar surface area (TPSA) is 66.5 Å². The third-order valence-electron chi connectivity index (χ3n) is 4.30. The fourth-order valence-corrected chi connectivity index (χ4v) is 4.42. The second-order valence-electron chi connectivity index (χ2n) is 6.53. The molecule has 28 heavy (non-hydrogen) atoms. The Kier molecular flexibility index (Phi) is 5.80. The van der Waals surface area contributed by atoms with Crippen LogP contribution in [0, 0.1) is 13.8 Å². The normalized spacial score (nSPS) is 11.1. The molecular formula is C22H22N2O3S. The first-order chi connectivity index (χ1) is 13.4. The highest BCUT2D eigenvalue weighted by molar-refractivity contribution is 7.92. The zero-order chi connectivity index (χ0) is 20.1. The summed E-state index contributed by atoms with van der Waals surface area (Å²) in [7, 11) is -3.90. The van der Waals surface area contributed by atoms with Crippen molar-refractivity contribution in [1.82, 2.24) is 0 Å². The number of benzene rings is 3. The first kappa shape index (κ1) is 19.6. The molecule has 1 amide bonds. The van der Waals surface area contributed by atoms with Crippen molar-refractivity contribution < 1.29 is 13.2 Å². The first-order valence-electron chi connectivity index (χ1n) is 8.88. The Labute approximate surface area is 165 Å². The van der Waals surface area contributed by atoms with Gasteiger partial charge in [-0.25, -0.2) is 8.42 Å². The minimum Gasteiger partial charge on any atom is -0.325 e. The molecule has 0 radical (unpaired) electrons. The molecule has 0 fully saturated rings. The zero-order valence-electron chi connectivity index (χ0n) is 15.8. The van der Waals surface area contributed by atoms with Gasteiger partial charge in [0, 0.05) is 5.69 Å². The molecule has 5 nitrogen and oxygen atoms in total. The molecule has 0 heterocycles. The Morgan fingerprint density at radius 2 is 1.57 bits per heavy atom. The molecule has 0 aliphatic rings. The molecule has 3 rings (SSSR count). The number of hydrogen-bond donors (Lipinski definition) is 1. The summed E-state index contributed by atoms with van der Waals surface area (Å²) in [6, 6.07) is 22.6. The van der Waals surface area contributed by atoms with Crippen molar-refractivity contribution in [1.29, 1.82) is 0 Å². The molecule has 0 aromatic heterocycles. The number of hydrogen-bond acceptors (Lipinski definition) is 3. The molecule has 0 saturated carbocycles. The second kappa shape index (κ2) is 8.27. The summed E-state index contributed by atoms with van der Waals surface area (Å²) in [5, 5.41) is 2.78. The van der Waals surface area contributed by atoms with Crippen molar-refractivity contribution in [2.45, 2.75) is 18.7 Å². The molecule has 0 aliphatic heterocycles. The molecule has 0 saturated heterocycles. The number of nitrogens with one attached hydrogen (secondary N) is 1. The van der Waals surface area contributed by atoms with Gasteiger partial charge >= 0.3 is 0 Å². The van der Waals surface area contributed by atoms with Crippen molar-refractivity contribution in [2.24, 2.45) is 0 Å². The molecule has 3 aromatic rings. The molecule has 0 unspecified atom stereocenters. The lowest BCUT2D eigenvalue weighted by Crippen LogP contribution is -2.38. The van der Waals surface area contributed by atoms with E-state index in [0.29, 0.717) is 11.4 Å². The van der Waals surface area contributed by atoms with Gasteiger partial charge < -0.3 is 5.32 Å². The van der Waals surface area contributed by atoms with Crippen LogP contribution in [0.2, 0.25) is 0 Å². The van der Waals surface area contributed by atoms with E-state index in [4.69, 9.17) is 0 Å². The quantitative estimate of drug-likeness (QED) is 0.683. The summed E-state index contributed by atoms with van der Waals surface area (Å²) < 4.78 is 27.7. The maximum absolute atomic E-state index is 13.3. The number of para-hydroxylation sites is 1. The van der Waals surface area contributed by atoms with Crippen LogP contribution >= 0.6 is 0 Å². The Bertz CT molecular complexity index is 1080. The van der Waals surface area contributed by atoms with Gasteiger partial charge in [-0.05, 0) is 55.3 Å². The lowest BCUT2D eigenvalue weighted by molar-refractivity contribution is -0.114. The van der Waals surface area contributed by atoms with Gasteiger partial charge in [-0.15, -0.1) is 0 Å². The SMILES string of the molecule is Cc1cccc(NC(=O)CN(c2ccccc2C)S(=O)(=O)c2ccccc2)c1. The maximum Gasteiger partial charge on any atom is 0.264 e. The Hall–Kier alpha value is -3.12. The molecule has 144 valence electrons. The van der Waals surface area contributed by atoms with Crippen LogP contribution in [0.1, 0.15) is 11.1 Å². The lowest BCUT2D eigenvalue weighted by atomic mass is 10.2. The molecule has 3 aromatic carbocycles. The van der Waals surface area contributed by atoms with Crippen LogP contribution in [0.15, 0.2) is 83.8 Å². The summed E-state index contributed by atoms with van der Waals surface area (Å²) in [4.78, 5) is 12.8. The zero-order valence-corrected chi connectivity index (χ0v) is 16.6. The molecule has 0 spiro atoms. The van der Waals surface area contributed by atoms with Gasteiger partial charge in [-0.1, -0.05) is 48.5 Å². The van der Waals surface area contributed by atoms with Crippen LogP contribution in [-0.2, 0) is 14.8 Å². The average Bonchev–Trinajstić information content (AvgIpc) is 2.67. The monoisotopic (exact) mass is 394 g/mol. The third kappa shape index (κ3) is 4.40. The molecule has 1 N–H and O–H groups in total. The number of sulfonamides is 1. The van der Waals surface area contributed by atoms with E-state index in [1.807, 2.05) is 44.2 Å². The van der Waals surface area contributed by atoms with E-state index in [1.54, 1.807) is 36.4 Å². The third-order valence-corrected chi connectivity index (χ3v) is 6.08. The van der Waals surface area contributed by atoms with Gasteiger partial charge in [-0.3, -0.25) is 9.10 Å². The molecular weight excluding hydrogens is 372 g/mol. The Morgan fingerprint density at radius 1 is 0.893 bits per heavy atom. The minimum atomic E-state index is -3.90. The van der Waals surface area contributed by atoms with Gasteiger partial charge in [0.05, 0.1) is 10.6 Å². The van der Waals surface area contributed by atoms with Gasteiger partial charge in [0.1, 0.15) is 6.54 Å². The number of carbonyl (C=O) groups excluding carboxylic acids is 1. The standard InChI is InChI=1S/C22H22N2O3S/c1-17-9-8-11-19(15-17)23-22(25)16-24(21-14-7-6-10-18(21)2)28(26,27)20-12-4-3-5-13-20/h3-15H,16H2,1-2H3,(H,23,25). The number of rotatable bonds is 6. The van der Waals surface area contributed by atoms with Crippen molar-refractivity contribution >= 4 is 27.3 Å². The van der Waals surface area contributed by atoms with Crippen LogP contribution in [0.3, 0.4) is 0 Å². The summed E-state index contributed by atoms with van der Waals surface area (Å²) >= 11 is 0. The highest BCUT2D eigenvalue weighted by Crippen LogP contribution is 2.26. The average molecular weight is 394 g/mol. The predicted octanol–water partition coefficient (Wildman–Crippen LogP) is 4.14. The molecule has 6 heteroatoms. The van der Waals surface area contributed by atoms with Crippen LogP contribution in [0.5, 0.6) is 0 Å². The van der Waals surface area contributed by atoms with Crippen LogP contribution in [-0.4, -0.2) is 20.9 Å². The minimum absolute atomic E-state index is 0.140. The number of carbonyl (C=O) groups is 1. The van der Waals surface area contributed by atoms with Crippen molar-refractivity contribution in [3.05, 3.63) is 90.0 Å². The molecule has 0 bridgehead atoms. The first-order valence-corrected chi connectivity index (χ1v) is 10.3. The van der Waals surface area contributed by atoms with Crippen LogP contribution in [0.4, 0.5) is 11.4 Å². The van der Waals surface area contributed by atoms with E-state index >= 15 is 0 Å². The number of amides is 1. The Balaban J connectivity index is 1.95. The van der Waals surface area contributed by atoms with Crippen LogP contribution in [0.25, 0.3) is 0 Å². The maximum atomic E-state index is 13.3. The van der Waals surface area contributed by atoms with Crippen LogP contribution < -0.4 is 9.62 Å². The summed E-state index contributed by atoms with van der Waals surface area (Å²) in [5.74, 6) is -0.409. The van der Waals surface area contributed by atoms with Crippen molar-refractivity contribution in [3.8, 4) is 0 Å². The van der Waals surface area contributed by atoms with E-state index in [2.05, 4.69) is 5.32 Å². The number of aryl methyl sites for hydroxylation is 2. The summed E-state index contributed by atoms with van der Waals surface area (Å²) in [6.07, 6.45) is 0. The largest absolute Gasteiger partial charge is 0.325 e. The van der Waals surface area contributed by atoms with E-state index < -0.39 is 15.9 Å². The second-order valence-corrected chi connectivity index (χ2v) is 8.39. The highest BCUT2D eigenvalue weighted by Gasteiger charge is 2.28. The van der Waals surface area contributed by atoms with E-state index in [-0.39, 0.29) is 11.4 Å². The fourth-order valence-electron chi connectivity index (χ4n) is 2.92. The molecule has 0 aliphatic carbocycles. The van der Waals surface area contributed by atoms with Gasteiger partial charge in [0.25, 0.3) is 10.0 Å². The summed E-state index contributed by atoms with van der Waals surface area (Å²) in [6.45, 7) is 3.42. The molecule has 0 atom stereocenters. The van der Waals surface area contributed by atoms with Crippen molar-refractivity contribution in [3.63, 3.8) is 0 Å².